The van der Waals surface area contributed by atoms with Crippen molar-refractivity contribution >= 4 is 6.09 Å². The predicted molar refractivity (Wildman–Crippen MR) is 89.3 cm³/mol. The van der Waals surface area contributed by atoms with E-state index >= 15 is 0 Å². The van der Waals surface area contributed by atoms with Crippen LogP contribution >= 0.6 is 0 Å². The zero-order valence-electron chi connectivity index (χ0n) is 15.1. The van der Waals surface area contributed by atoms with Gasteiger partial charge in [-0.3, -0.25) is 4.90 Å². The van der Waals surface area contributed by atoms with E-state index in [4.69, 9.17) is 9.47 Å². The molecule has 0 radical (unpaired) electrons. The van der Waals surface area contributed by atoms with Crippen molar-refractivity contribution in [2.45, 2.75) is 83.6 Å². The van der Waals surface area contributed by atoms with Crippen molar-refractivity contribution in [2.24, 2.45) is 0 Å². The van der Waals surface area contributed by atoms with Gasteiger partial charge in [-0.2, -0.15) is 0 Å². The van der Waals surface area contributed by atoms with Crippen LogP contribution in [0.3, 0.4) is 0 Å². The lowest BCUT2D eigenvalue weighted by atomic mass is 9.78. The highest BCUT2D eigenvalue weighted by Gasteiger charge is 2.48. The molecule has 1 N–H and O–H groups in total. The van der Waals surface area contributed by atoms with Crippen LogP contribution in [-0.2, 0) is 9.47 Å². The van der Waals surface area contributed by atoms with Crippen LogP contribution in [0.15, 0.2) is 11.6 Å². The molecule has 23 heavy (non-hydrogen) atoms. The van der Waals surface area contributed by atoms with Crippen LogP contribution in [0.1, 0.15) is 60.3 Å². The molecule has 0 aliphatic carbocycles. The van der Waals surface area contributed by atoms with Crippen LogP contribution in [0.25, 0.3) is 0 Å². The Kier molecular flexibility index (Phi) is 5.41. The number of fused-ring (bicyclic) bond motifs is 2. The first-order valence-electron chi connectivity index (χ1n) is 8.54. The molecule has 1 amide bonds. The molecule has 0 aromatic heterocycles. The third kappa shape index (κ3) is 4.95. The fourth-order valence-corrected chi connectivity index (χ4v) is 3.52. The van der Waals surface area contributed by atoms with E-state index < -0.39 is 11.2 Å². The Morgan fingerprint density at radius 3 is 2.35 bits per heavy atom. The molecule has 0 aromatic carbocycles. The highest BCUT2D eigenvalue weighted by molar-refractivity contribution is 5.69. The summed E-state index contributed by atoms with van der Waals surface area (Å²) in [4.78, 5) is 14.3. The summed E-state index contributed by atoms with van der Waals surface area (Å²) < 4.78 is 11.1. The summed E-state index contributed by atoms with van der Waals surface area (Å²) in [6.45, 7) is 10.7. The van der Waals surface area contributed by atoms with E-state index in [1.807, 2.05) is 20.8 Å². The van der Waals surface area contributed by atoms with E-state index in [0.29, 0.717) is 26.1 Å². The molecule has 2 bridgehead atoms. The molecule has 2 fully saturated rings. The summed E-state index contributed by atoms with van der Waals surface area (Å²) >= 11 is 0. The van der Waals surface area contributed by atoms with Crippen LogP contribution in [-0.4, -0.2) is 52.6 Å². The second kappa shape index (κ2) is 6.81. The molecule has 2 rings (SSSR count). The van der Waals surface area contributed by atoms with Crippen molar-refractivity contribution in [3.63, 3.8) is 0 Å². The molecular formula is C18H31NO4. The topological polar surface area (TPSA) is 59.0 Å². The number of rotatable bonds is 3. The quantitative estimate of drug-likeness (QED) is 0.809. The Labute approximate surface area is 139 Å². The number of morpholine rings is 1. The van der Waals surface area contributed by atoms with Crippen molar-refractivity contribution in [3.8, 4) is 0 Å². The third-order valence-corrected chi connectivity index (χ3v) is 4.41. The van der Waals surface area contributed by atoms with Crippen LogP contribution in [0.5, 0.6) is 0 Å². The molecule has 0 saturated carbocycles. The minimum atomic E-state index is -0.719. The largest absolute Gasteiger partial charge is 0.444 e. The zero-order valence-corrected chi connectivity index (χ0v) is 15.1. The molecule has 5 heteroatoms. The number of piperidine rings is 1. The number of hydrogen-bond acceptors (Lipinski definition) is 4. The average molecular weight is 325 g/mol. The summed E-state index contributed by atoms with van der Waals surface area (Å²) in [7, 11) is 0. The van der Waals surface area contributed by atoms with Gasteiger partial charge >= 0.3 is 6.09 Å². The van der Waals surface area contributed by atoms with Gasteiger partial charge in [0, 0.05) is 0 Å². The van der Waals surface area contributed by atoms with Gasteiger partial charge < -0.3 is 14.6 Å². The minimum Gasteiger partial charge on any atom is -0.444 e. The molecular weight excluding hydrogens is 294 g/mol. The van der Waals surface area contributed by atoms with E-state index in [1.54, 1.807) is 4.90 Å². The Balaban J connectivity index is 2.05. The Morgan fingerprint density at radius 1 is 1.30 bits per heavy atom. The summed E-state index contributed by atoms with van der Waals surface area (Å²) in [6.07, 6.45) is 4.57. The normalized spacial score (nSPS) is 30.8. The number of allylic oxidation sites excluding steroid dienone is 2. The van der Waals surface area contributed by atoms with Crippen molar-refractivity contribution in [2.75, 3.05) is 13.2 Å². The number of amides is 1. The monoisotopic (exact) mass is 325 g/mol. The van der Waals surface area contributed by atoms with Crippen LogP contribution in [0.4, 0.5) is 4.79 Å². The lowest BCUT2D eigenvalue weighted by Crippen LogP contribution is -2.64. The number of aliphatic hydroxyl groups is 1. The first-order chi connectivity index (χ1) is 10.6. The SMILES string of the molecule is CC(C)=CCCC1(O)CC2COCC(C1)N2C(=O)OC(C)(C)C. The first-order valence-corrected chi connectivity index (χ1v) is 8.54. The van der Waals surface area contributed by atoms with Crippen LogP contribution < -0.4 is 0 Å². The maximum Gasteiger partial charge on any atom is 0.410 e. The van der Waals surface area contributed by atoms with Gasteiger partial charge in [-0.25, -0.2) is 4.79 Å². The second-order valence-electron chi connectivity index (χ2n) is 8.19. The smallest absolute Gasteiger partial charge is 0.410 e. The maximum atomic E-state index is 12.5. The molecule has 2 aliphatic rings. The number of carbonyl (C=O) groups excluding carboxylic acids is 1. The number of hydrogen-bond donors (Lipinski definition) is 1. The fraction of sp³-hybridized carbons (Fsp3) is 0.833. The summed E-state index contributed by atoms with van der Waals surface area (Å²) in [5.41, 5.74) is 0.0378. The third-order valence-electron chi connectivity index (χ3n) is 4.41. The van der Waals surface area contributed by atoms with E-state index in [0.717, 1.165) is 12.8 Å². The first kappa shape index (κ1) is 18.3. The Hall–Kier alpha value is -1.07. The van der Waals surface area contributed by atoms with Crippen LogP contribution in [0.2, 0.25) is 0 Å². The number of nitrogens with zero attached hydrogens (tertiary/aromatic N) is 1. The molecule has 132 valence electrons. The summed E-state index contributed by atoms with van der Waals surface area (Å²) in [6, 6.07) is -0.205. The van der Waals surface area contributed by atoms with Crippen molar-refractivity contribution in [1.29, 1.82) is 0 Å². The van der Waals surface area contributed by atoms with E-state index in [9.17, 15) is 9.90 Å². The molecule has 2 aliphatic heterocycles. The molecule has 2 atom stereocenters. The Bertz CT molecular complexity index is 448. The summed E-state index contributed by atoms with van der Waals surface area (Å²) in [5.74, 6) is 0. The second-order valence-corrected chi connectivity index (χ2v) is 8.19. The molecule has 2 saturated heterocycles. The number of ether oxygens (including phenoxy) is 2. The van der Waals surface area contributed by atoms with Gasteiger partial charge in [-0.15, -0.1) is 0 Å². The van der Waals surface area contributed by atoms with Crippen molar-refractivity contribution < 1.29 is 19.4 Å². The van der Waals surface area contributed by atoms with Gasteiger partial charge in [0.2, 0.25) is 0 Å². The van der Waals surface area contributed by atoms with Gasteiger partial charge in [-0.1, -0.05) is 11.6 Å². The lowest BCUT2D eigenvalue weighted by Gasteiger charge is -2.51. The average Bonchev–Trinajstić information content (AvgIpc) is 2.34. The van der Waals surface area contributed by atoms with E-state index in [-0.39, 0.29) is 18.2 Å². The molecule has 0 aromatic rings. The van der Waals surface area contributed by atoms with Crippen molar-refractivity contribution in [3.05, 3.63) is 11.6 Å². The highest BCUT2D eigenvalue weighted by atomic mass is 16.6. The van der Waals surface area contributed by atoms with Gasteiger partial charge in [0.15, 0.2) is 0 Å². The maximum absolute atomic E-state index is 12.5. The predicted octanol–water partition coefficient (Wildman–Crippen LogP) is 3.26. The standard InChI is InChI=1S/C18H31NO4/c1-13(2)7-6-8-18(21)9-14-11-22-12-15(10-18)19(14)16(20)23-17(3,4)5/h7,14-15,21H,6,8-12H2,1-5H3. The van der Waals surface area contributed by atoms with Gasteiger partial charge in [0.05, 0.1) is 30.9 Å². The van der Waals surface area contributed by atoms with Gasteiger partial charge in [-0.05, 0) is 60.3 Å². The van der Waals surface area contributed by atoms with E-state index in [1.165, 1.54) is 5.57 Å². The van der Waals surface area contributed by atoms with E-state index in [2.05, 4.69) is 19.9 Å². The van der Waals surface area contributed by atoms with Gasteiger partial charge in [0.25, 0.3) is 0 Å². The minimum absolute atomic E-state index is 0.103. The zero-order chi connectivity index (χ0) is 17.3. The molecule has 2 unspecified atom stereocenters. The Morgan fingerprint density at radius 2 is 1.87 bits per heavy atom. The highest BCUT2D eigenvalue weighted by Crippen LogP contribution is 2.38. The molecule has 5 nitrogen and oxygen atoms in total. The number of carbonyl (C=O) groups is 1. The molecule has 2 heterocycles. The molecule has 0 spiro atoms. The fourth-order valence-electron chi connectivity index (χ4n) is 3.52. The lowest BCUT2D eigenvalue weighted by molar-refractivity contribution is -0.139. The van der Waals surface area contributed by atoms with Crippen molar-refractivity contribution in [1.82, 2.24) is 4.90 Å². The van der Waals surface area contributed by atoms with Gasteiger partial charge in [0.1, 0.15) is 5.60 Å². The summed E-state index contributed by atoms with van der Waals surface area (Å²) in [5, 5.41) is 11.0. The van der Waals surface area contributed by atoms with Crippen LogP contribution in [0, 0.1) is 0 Å².